The Kier molecular flexibility index (Phi) is 5.26. The van der Waals surface area contributed by atoms with Gasteiger partial charge >= 0.3 is 0 Å². The van der Waals surface area contributed by atoms with Crippen LogP contribution in [0.1, 0.15) is 28.9 Å². The molecule has 4 aromatic rings. The number of nitrogens with one attached hydrogen (secondary N) is 1. The molecule has 148 valence electrons. The zero-order valence-corrected chi connectivity index (χ0v) is 17.6. The van der Waals surface area contributed by atoms with Gasteiger partial charge < -0.3 is 5.32 Å². The zero-order valence-electron chi connectivity index (χ0n) is 16.0. The summed E-state index contributed by atoms with van der Waals surface area (Å²) in [5.41, 5.74) is 2.09. The minimum Gasteiger partial charge on any atom is -0.355 e. The van der Waals surface area contributed by atoms with Gasteiger partial charge in [-0.25, -0.2) is 9.97 Å². The van der Waals surface area contributed by atoms with Crippen molar-refractivity contribution < 1.29 is 4.79 Å². The van der Waals surface area contributed by atoms with Crippen LogP contribution in [-0.2, 0) is 11.2 Å². The number of amides is 1. The van der Waals surface area contributed by atoms with E-state index >= 15 is 0 Å². The van der Waals surface area contributed by atoms with Crippen molar-refractivity contribution >= 4 is 49.0 Å². The van der Waals surface area contributed by atoms with Crippen molar-refractivity contribution in [2.24, 2.45) is 0 Å². The van der Waals surface area contributed by atoms with Gasteiger partial charge in [0.15, 0.2) is 0 Å². The molecule has 2 aromatic carbocycles. The zero-order chi connectivity index (χ0) is 19.6. The summed E-state index contributed by atoms with van der Waals surface area (Å²) >= 11 is 3.45. The molecule has 3 heterocycles. The molecule has 29 heavy (non-hydrogen) atoms. The minimum atomic E-state index is 0.0825. The molecule has 1 N–H and O–H groups in total. The van der Waals surface area contributed by atoms with Gasteiger partial charge in [-0.1, -0.05) is 24.3 Å². The minimum absolute atomic E-state index is 0.0825. The largest absolute Gasteiger partial charge is 0.355 e. The second kappa shape index (κ2) is 8.18. The first-order valence-electron chi connectivity index (χ1n) is 9.97. The number of hydrogen-bond acceptors (Lipinski definition) is 6. The molecule has 0 bridgehead atoms. The molecule has 0 saturated carbocycles. The van der Waals surface area contributed by atoms with Crippen LogP contribution in [0, 0.1) is 0 Å². The van der Waals surface area contributed by atoms with Gasteiger partial charge in [-0.05, 0) is 43.7 Å². The Bertz CT molecular complexity index is 1090. The van der Waals surface area contributed by atoms with E-state index in [1.54, 1.807) is 22.7 Å². The number of aromatic nitrogens is 2. The Hall–Kier alpha value is -2.35. The van der Waals surface area contributed by atoms with Crippen LogP contribution in [-0.4, -0.2) is 40.4 Å². The lowest BCUT2D eigenvalue weighted by Gasteiger charge is -2.22. The van der Waals surface area contributed by atoms with Crippen molar-refractivity contribution in [2.75, 3.05) is 19.6 Å². The second-order valence-corrected chi connectivity index (χ2v) is 9.50. The Balaban J connectivity index is 1.17. The van der Waals surface area contributed by atoms with Crippen molar-refractivity contribution in [1.82, 2.24) is 20.2 Å². The predicted molar refractivity (Wildman–Crippen MR) is 120 cm³/mol. The number of benzene rings is 2. The van der Waals surface area contributed by atoms with Crippen molar-refractivity contribution in [1.29, 1.82) is 0 Å². The van der Waals surface area contributed by atoms with Gasteiger partial charge in [0, 0.05) is 13.0 Å². The molecular formula is C22H22N4OS2. The number of thiazole rings is 2. The molecule has 1 atom stereocenters. The number of nitrogens with zero attached hydrogens (tertiary/aromatic N) is 3. The highest BCUT2D eigenvalue weighted by molar-refractivity contribution is 7.18. The van der Waals surface area contributed by atoms with Crippen molar-refractivity contribution in [3.8, 4) is 0 Å². The van der Waals surface area contributed by atoms with Crippen LogP contribution in [0.2, 0.25) is 0 Å². The fraction of sp³-hybridized carbons (Fsp3) is 0.318. The number of para-hydroxylation sites is 2. The Morgan fingerprint density at radius 1 is 1.03 bits per heavy atom. The molecule has 1 aliphatic rings. The number of fused-ring (bicyclic) bond motifs is 2. The van der Waals surface area contributed by atoms with Gasteiger partial charge in [0.1, 0.15) is 5.01 Å². The van der Waals surface area contributed by atoms with E-state index in [4.69, 9.17) is 4.98 Å². The molecule has 5 nitrogen and oxygen atoms in total. The van der Waals surface area contributed by atoms with Crippen LogP contribution in [0.15, 0.2) is 48.5 Å². The van der Waals surface area contributed by atoms with Gasteiger partial charge in [0.05, 0.1) is 38.0 Å². The third-order valence-electron chi connectivity index (χ3n) is 5.31. The highest BCUT2D eigenvalue weighted by atomic mass is 32.1. The summed E-state index contributed by atoms with van der Waals surface area (Å²) in [5.74, 6) is 0.0825. The molecule has 1 unspecified atom stereocenters. The molecule has 0 aliphatic carbocycles. The molecule has 2 aromatic heterocycles. The summed E-state index contributed by atoms with van der Waals surface area (Å²) in [6.07, 6.45) is 2.95. The van der Waals surface area contributed by atoms with E-state index in [0.717, 1.165) is 46.9 Å². The third-order valence-corrected chi connectivity index (χ3v) is 7.54. The summed E-state index contributed by atoms with van der Waals surface area (Å²) in [7, 11) is 0. The fourth-order valence-electron chi connectivity index (χ4n) is 3.90. The maximum absolute atomic E-state index is 12.5. The number of rotatable bonds is 6. The second-order valence-electron chi connectivity index (χ2n) is 7.32. The molecule has 7 heteroatoms. The first kappa shape index (κ1) is 18.7. The number of likely N-dealkylation sites (tertiary alicyclic amines) is 1. The average Bonchev–Trinajstić information content (AvgIpc) is 3.44. The topological polar surface area (TPSA) is 58.1 Å². The van der Waals surface area contributed by atoms with Crippen molar-refractivity contribution in [3.05, 3.63) is 58.5 Å². The van der Waals surface area contributed by atoms with E-state index < -0.39 is 0 Å². The molecule has 1 saturated heterocycles. The van der Waals surface area contributed by atoms with E-state index in [1.165, 1.54) is 9.40 Å². The SMILES string of the molecule is O=C(CN1CCCC1c1nc2ccccc2s1)NCCc1nc2ccccc2s1. The van der Waals surface area contributed by atoms with Crippen molar-refractivity contribution in [2.45, 2.75) is 25.3 Å². The monoisotopic (exact) mass is 422 g/mol. The standard InChI is InChI=1S/C22H22N4OS2/c27-20(23-12-11-21-24-15-6-1-3-9-18(15)28-21)14-26-13-5-8-17(26)22-25-16-7-2-4-10-19(16)29-22/h1-4,6-7,9-10,17H,5,8,11-14H2,(H,23,27). The fourth-order valence-corrected chi connectivity index (χ4v) is 6.01. The van der Waals surface area contributed by atoms with Gasteiger partial charge in [0.25, 0.3) is 0 Å². The summed E-state index contributed by atoms with van der Waals surface area (Å²) in [6.45, 7) is 2.00. The molecule has 0 radical (unpaired) electrons. The third kappa shape index (κ3) is 4.03. The van der Waals surface area contributed by atoms with Gasteiger partial charge in [0.2, 0.25) is 5.91 Å². The maximum atomic E-state index is 12.5. The molecule has 1 aliphatic heterocycles. The highest BCUT2D eigenvalue weighted by Crippen LogP contribution is 2.36. The smallest absolute Gasteiger partial charge is 0.234 e. The average molecular weight is 423 g/mol. The van der Waals surface area contributed by atoms with Gasteiger partial charge in [-0.3, -0.25) is 9.69 Å². The summed E-state index contributed by atoms with van der Waals surface area (Å²) in [6, 6.07) is 16.7. The van der Waals surface area contributed by atoms with E-state index in [1.807, 2.05) is 24.3 Å². The van der Waals surface area contributed by atoms with E-state index in [-0.39, 0.29) is 11.9 Å². The normalized spacial score (nSPS) is 17.3. The van der Waals surface area contributed by atoms with Crippen LogP contribution in [0.25, 0.3) is 20.4 Å². The maximum Gasteiger partial charge on any atom is 0.234 e. The number of hydrogen-bond donors (Lipinski definition) is 1. The quantitative estimate of drug-likeness (QED) is 0.500. The molecule has 5 rings (SSSR count). The molecule has 0 spiro atoms. The first-order chi connectivity index (χ1) is 14.3. The number of carbonyl (C=O) groups is 1. The lowest BCUT2D eigenvalue weighted by Crippen LogP contribution is -2.37. The lowest BCUT2D eigenvalue weighted by molar-refractivity contribution is -0.122. The van der Waals surface area contributed by atoms with E-state index in [9.17, 15) is 4.79 Å². The van der Waals surface area contributed by atoms with Crippen LogP contribution < -0.4 is 5.32 Å². The van der Waals surface area contributed by atoms with Gasteiger partial charge in [-0.2, -0.15) is 0 Å². The first-order valence-corrected chi connectivity index (χ1v) is 11.6. The van der Waals surface area contributed by atoms with Crippen LogP contribution in [0.5, 0.6) is 0 Å². The van der Waals surface area contributed by atoms with Crippen LogP contribution >= 0.6 is 22.7 Å². The molecular weight excluding hydrogens is 400 g/mol. The van der Waals surface area contributed by atoms with Crippen LogP contribution in [0.3, 0.4) is 0 Å². The Morgan fingerprint density at radius 2 is 1.76 bits per heavy atom. The van der Waals surface area contributed by atoms with E-state index in [0.29, 0.717) is 13.1 Å². The molecule has 1 fully saturated rings. The summed E-state index contributed by atoms with van der Waals surface area (Å²) in [4.78, 5) is 24.2. The predicted octanol–water partition coefficient (Wildman–Crippen LogP) is 4.40. The van der Waals surface area contributed by atoms with E-state index in [2.05, 4.69) is 39.5 Å². The summed E-state index contributed by atoms with van der Waals surface area (Å²) in [5, 5.41) is 5.27. The summed E-state index contributed by atoms with van der Waals surface area (Å²) < 4.78 is 2.42. The van der Waals surface area contributed by atoms with Crippen LogP contribution in [0.4, 0.5) is 0 Å². The van der Waals surface area contributed by atoms with Crippen molar-refractivity contribution in [3.63, 3.8) is 0 Å². The highest BCUT2D eigenvalue weighted by Gasteiger charge is 2.29. The lowest BCUT2D eigenvalue weighted by atomic mass is 10.2. The number of carbonyl (C=O) groups excluding carboxylic acids is 1. The van der Waals surface area contributed by atoms with Gasteiger partial charge in [-0.15, -0.1) is 22.7 Å². The Morgan fingerprint density at radius 3 is 2.52 bits per heavy atom. The molecule has 1 amide bonds. The Labute approximate surface area is 177 Å².